The summed E-state index contributed by atoms with van der Waals surface area (Å²) in [4.78, 5) is 2.08. The molecule has 3 N–H and O–H groups in total. The first kappa shape index (κ1) is 12.3. The van der Waals surface area contributed by atoms with Crippen LogP contribution in [0.15, 0.2) is 18.2 Å². The quantitative estimate of drug-likeness (QED) is 0.780. The van der Waals surface area contributed by atoms with Gasteiger partial charge >= 0.3 is 0 Å². The van der Waals surface area contributed by atoms with E-state index in [4.69, 9.17) is 23.1 Å². The van der Waals surface area contributed by atoms with E-state index >= 15 is 0 Å². The molecule has 0 aliphatic heterocycles. The number of halogens is 1. The van der Waals surface area contributed by atoms with Gasteiger partial charge in [-0.25, -0.2) is 4.39 Å². The van der Waals surface area contributed by atoms with Crippen molar-refractivity contribution in [1.29, 1.82) is 0 Å². The third-order valence-electron chi connectivity index (χ3n) is 2.88. The van der Waals surface area contributed by atoms with E-state index in [1.807, 2.05) is 4.90 Å². The molecular weight excluding hydrogens is 239 g/mol. The molecule has 2 rings (SSSR count). The molecule has 0 heterocycles. The fourth-order valence-corrected chi connectivity index (χ4v) is 2.06. The molecule has 0 saturated heterocycles. The minimum absolute atomic E-state index is 0.0641. The van der Waals surface area contributed by atoms with E-state index in [0.717, 1.165) is 18.5 Å². The van der Waals surface area contributed by atoms with E-state index in [1.54, 1.807) is 12.1 Å². The Hall–Kier alpha value is -1.20. The zero-order chi connectivity index (χ0) is 12.4. The average Bonchev–Trinajstić information content (AvgIpc) is 3.09. The standard InChI is InChI=1S/C12H15FN2OS/c13-11-7-9(3-4-10(11)12(14)17)15(5-6-16)8-1-2-8/h3-4,7-8,16H,1-2,5-6H2,(H2,14,17). The molecule has 1 saturated carbocycles. The molecule has 1 aliphatic carbocycles. The molecule has 1 fully saturated rings. The van der Waals surface area contributed by atoms with E-state index < -0.39 is 5.82 Å². The van der Waals surface area contributed by atoms with Crippen molar-refractivity contribution in [1.82, 2.24) is 0 Å². The van der Waals surface area contributed by atoms with Crippen molar-refractivity contribution in [2.45, 2.75) is 18.9 Å². The Bertz CT molecular complexity index is 435. The molecule has 0 aromatic heterocycles. The Morgan fingerprint density at radius 1 is 1.53 bits per heavy atom. The van der Waals surface area contributed by atoms with Crippen LogP contribution in [0.5, 0.6) is 0 Å². The number of benzene rings is 1. The molecule has 0 spiro atoms. The minimum Gasteiger partial charge on any atom is -0.395 e. The summed E-state index contributed by atoms with van der Waals surface area (Å²) in [5, 5.41) is 9.01. The lowest BCUT2D eigenvalue weighted by Crippen LogP contribution is -2.29. The summed E-state index contributed by atoms with van der Waals surface area (Å²) in [6, 6.07) is 5.26. The Morgan fingerprint density at radius 3 is 2.71 bits per heavy atom. The van der Waals surface area contributed by atoms with Gasteiger partial charge in [0.05, 0.1) is 6.61 Å². The molecule has 5 heteroatoms. The Kier molecular flexibility index (Phi) is 3.59. The van der Waals surface area contributed by atoms with Crippen molar-refractivity contribution in [3.63, 3.8) is 0 Å². The highest BCUT2D eigenvalue weighted by atomic mass is 32.1. The molecule has 0 radical (unpaired) electrons. The van der Waals surface area contributed by atoms with Gasteiger partial charge in [-0.1, -0.05) is 12.2 Å². The SMILES string of the molecule is NC(=S)c1ccc(N(CCO)C2CC2)cc1F. The Morgan fingerprint density at radius 2 is 2.24 bits per heavy atom. The van der Waals surface area contributed by atoms with Crippen LogP contribution in [0, 0.1) is 5.82 Å². The summed E-state index contributed by atoms with van der Waals surface area (Å²) in [7, 11) is 0. The minimum atomic E-state index is -0.404. The van der Waals surface area contributed by atoms with Crippen LogP contribution in [0.2, 0.25) is 0 Å². The van der Waals surface area contributed by atoms with Crippen molar-refractivity contribution >= 4 is 22.9 Å². The summed E-state index contributed by atoms with van der Waals surface area (Å²) in [6.45, 7) is 0.589. The fraction of sp³-hybridized carbons (Fsp3) is 0.417. The van der Waals surface area contributed by atoms with Crippen molar-refractivity contribution < 1.29 is 9.50 Å². The van der Waals surface area contributed by atoms with Crippen LogP contribution in [0.3, 0.4) is 0 Å². The van der Waals surface area contributed by atoms with Gasteiger partial charge in [0.15, 0.2) is 0 Å². The van der Waals surface area contributed by atoms with Crippen LogP contribution >= 0.6 is 12.2 Å². The molecule has 1 aromatic rings. The zero-order valence-corrected chi connectivity index (χ0v) is 10.2. The fourth-order valence-electron chi connectivity index (χ4n) is 1.90. The number of anilines is 1. The lowest BCUT2D eigenvalue weighted by atomic mass is 10.1. The first-order valence-electron chi connectivity index (χ1n) is 5.60. The predicted molar refractivity (Wildman–Crippen MR) is 69.7 cm³/mol. The smallest absolute Gasteiger partial charge is 0.135 e. The van der Waals surface area contributed by atoms with Gasteiger partial charge in [0.1, 0.15) is 10.8 Å². The summed E-state index contributed by atoms with van der Waals surface area (Å²) >= 11 is 4.76. The van der Waals surface area contributed by atoms with Gasteiger partial charge in [0.2, 0.25) is 0 Å². The lowest BCUT2D eigenvalue weighted by molar-refractivity contribution is 0.301. The van der Waals surface area contributed by atoms with Gasteiger partial charge in [-0.2, -0.15) is 0 Å². The molecule has 0 atom stereocenters. The molecule has 1 aromatic carbocycles. The van der Waals surface area contributed by atoms with E-state index in [9.17, 15) is 4.39 Å². The summed E-state index contributed by atoms with van der Waals surface area (Å²) in [5.41, 5.74) is 6.45. The van der Waals surface area contributed by atoms with Crippen LogP contribution in [-0.4, -0.2) is 29.3 Å². The second-order valence-electron chi connectivity index (χ2n) is 4.18. The second kappa shape index (κ2) is 4.98. The number of thiocarbonyl (C=S) groups is 1. The van der Waals surface area contributed by atoms with E-state index in [2.05, 4.69) is 0 Å². The van der Waals surface area contributed by atoms with Crippen molar-refractivity contribution in [2.24, 2.45) is 5.73 Å². The van der Waals surface area contributed by atoms with Gasteiger partial charge in [-0.15, -0.1) is 0 Å². The molecule has 3 nitrogen and oxygen atoms in total. The van der Waals surface area contributed by atoms with Gasteiger partial charge < -0.3 is 15.7 Å². The molecule has 0 amide bonds. The number of hydrogen-bond donors (Lipinski definition) is 2. The van der Waals surface area contributed by atoms with Crippen LogP contribution in [0.4, 0.5) is 10.1 Å². The number of nitrogens with two attached hydrogens (primary N) is 1. The molecular formula is C12H15FN2OS. The number of aliphatic hydroxyl groups excluding tert-OH is 1. The topological polar surface area (TPSA) is 49.5 Å². The number of aliphatic hydroxyl groups is 1. The van der Waals surface area contributed by atoms with Gasteiger partial charge in [-0.3, -0.25) is 0 Å². The van der Waals surface area contributed by atoms with Crippen molar-refractivity contribution in [3.05, 3.63) is 29.6 Å². The Balaban J connectivity index is 2.25. The highest BCUT2D eigenvalue weighted by Crippen LogP contribution is 2.32. The number of rotatable bonds is 5. The van der Waals surface area contributed by atoms with Crippen LogP contribution in [0.1, 0.15) is 18.4 Å². The maximum absolute atomic E-state index is 13.7. The summed E-state index contributed by atoms with van der Waals surface area (Å²) < 4.78 is 13.7. The van der Waals surface area contributed by atoms with Gasteiger partial charge in [0, 0.05) is 23.8 Å². The third kappa shape index (κ3) is 2.73. The predicted octanol–water partition coefficient (Wildman–Crippen LogP) is 1.42. The van der Waals surface area contributed by atoms with E-state index in [-0.39, 0.29) is 17.2 Å². The molecule has 1 aliphatic rings. The first-order chi connectivity index (χ1) is 8.13. The van der Waals surface area contributed by atoms with E-state index in [0.29, 0.717) is 12.6 Å². The van der Waals surface area contributed by atoms with Gasteiger partial charge in [-0.05, 0) is 31.0 Å². The number of hydrogen-bond acceptors (Lipinski definition) is 3. The second-order valence-corrected chi connectivity index (χ2v) is 4.62. The maximum Gasteiger partial charge on any atom is 0.135 e. The summed E-state index contributed by atoms with van der Waals surface area (Å²) in [5.74, 6) is -0.404. The number of nitrogens with zero attached hydrogens (tertiary/aromatic N) is 1. The normalized spacial score (nSPS) is 14.7. The van der Waals surface area contributed by atoms with Crippen molar-refractivity contribution in [2.75, 3.05) is 18.1 Å². The molecule has 0 unspecified atom stereocenters. The van der Waals surface area contributed by atoms with Crippen LogP contribution < -0.4 is 10.6 Å². The van der Waals surface area contributed by atoms with Crippen molar-refractivity contribution in [3.8, 4) is 0 Å². The highest BCUT2D eigenvalue weighted by Gasteiger charge is 2.29. The van der Waals surface area contributed by atoms with E-state index in [1.165, 1.54) is 6.07 Å². The Labute approximate surface area is 105 Å². The zero-order valence-electron chi connectivity index (χ0n) is 9.40. The third-order valence-corrected chi connectivity index (χ3v) is 3.10. The molecule has 92 valence electrons. The first-order valence-corrected chi connectivity index (χ1v) is 6.01. The molecule has 17 heavy (non-hydrogen) atoms. The summed E-state index contributed by atoms with van der Waals surface area (Å²) in [6.07, 6.45) is 2.19. The largest absolute Gasteiger partial charge is 0.395 e. The average molecular weight is 254 g/mol. The maximum atomic E-state index is 13.7. The van der Waals surface area contributed by atoms with Crippen LogP contribution in [0.25, 0.3) is 0 Å². The van der Waals surface area contributed by atoms with Crippen LogP contribution in [-0.2, 0) is 0 Å². The molecule has 0 bridgehead atoms. The highest BCUT2D eigenvalue weighted by molar-refractivity contribution is 7.80. The monoisotopic (exact) mass is 254 g/mol. The lowest BCUT2D eigenvalue weighted by Gasteiger charge is -2.24. The van der Waals surface area contributed by atoms with Gasteiger partial charge in [0.25, 0.3) is 0 Å².